The maximum Gasteiger partial charge on any atom is 0.0587 e. The second kappa shape index (κ2) is 7.56. The molecule has 2 heteroatoms. The van der Waals surface area contributed by atoms with Gasteiger partial charge in [0.2, 0.25) is 0 Å². The zero-order valence-corrected chi connectivity index (χ0v) is 8.55. The van der Waals surface area contributed by atoms with Crippen LogP contribution < -0.4 is 0 Å². The third kappa shape index (κ3) is 5.56. The van der Waals surface area contributed by atoms with E-state index in [9.17, 15) is 5.11 Å². The molecule has 2 nitrogen and oxygen atoms in total. The van der Waals surface area contributed by atoms with Crippen LogP contribution in [-0.2, 0) is 4.74 Å². The third-order valence-electron chi connectivity index (χ3n) is 2.16. The highest BCUT2D eigenvalue weighted by atomic mass is 16.5. The monoisotopic (exact) mass is 174 g/mol. The molecule has 0 rings (SSSR count). The summed E-state index contributed by atoms with van der Waals surface area (Å²) in [5.74, 6) is 0.412. The fourth-order valence-corrected chi connectivity index (χ4v) is 1.28. The number of hydrogen-bond donors (Lipinski definition) is 1. The van der Waals surface area contributed by atoms with E-state index in [0.717, 1.165) is 25.9 Å². The van der Waals surface area contributed by atoms with Crippen LogP contribution >= 0.6 is 0 Å². The van der Waals surface area contributed by atoms with Crippen LogP contribution in [0, 0.1) is 5.92 Å². The van der Waals surface area contributed by atoms with Gasteiger partial charge in [-0.15, -0.1) is 0 Å². The van der Waals surface area contributed by atoms with Crippen LogP contribution in [0.3, 0.4) is 0 Å². The van der Waals surface area contributed by atoms with Gasteiger partial charge in [-0.25, -0.2) is 0 Å². The lowest BCUT2D eigenvalue weighted by Gasteiger charge is -2.17. The van der Waals surface area contributed by atoms with Gasteiger partial charge < -0.3 is 9.84 Å². The first-order valence-electron chi connectivity index (χ1n) is 4.98. The Bertz CT molecular complexity index is 93.8. The fourth-order valence-electron chi connectivity index (χ4n) is 1.28. The van der Waals surface area contributed by atoms with Crippen LogP contribution in [0.1, 0.15) is 40.0 Å². The Hall–Kier alpha value is -0.0800. The molecule has 74 valence electrons. The van der Waals surface area contributed by atoms with E-state index in [1.54, 1.807) is 0 Å². The maximum absolute atomic E-state index is 9.60. The molecular weight excluding hydrogens is 152 g/mol. The topological polar surface area (TPSA) is 29.5 Å². The van der Waals surface area contributed by atoms with Crippen LogP contribution in [-0.4, -0.2) is 24.4 Å². The molecule has 0 aliphatic heterocycles. The Morgan fingerprint density at radius 1 is 1.25 bits per heavy atom. The minimum atomic E-state index is -0.184. The summed E-state index contributed by atoms with van der Waals surface area (Å²) >= 11 is 0. The zero-order valence-electron chi connectivity index (χ0n) is 8.55. The summed E-state index contributed by atoms with van der Waals surface area (Å²) in [4.78, 5) is 0. The van der Waals surface area contributed by atoms with Crippen LogP contribution in [0.15, 0.2) is 0 Å². The Morgan fingerprint density at radius 3 is 2.42 bits per heavy atom. The van der Waals surface area contributed by atoms with Gasteiger partial charge in [0.05, 0.1) is 6.10 Å². The van der Waals surface area contributed by atoms with Crippen LogP contribution in [0.4, 0.5) is 0 Å². The molecule has 12 heavy (non-hydrogen) atoms. The van der Waals surface area contributed by atoms with Gasteiger partial charge in [-0.3, -0.25) is 0 Å². The van der Waals surface area contributed by atoms with Gasteiger partial charge in [-0.1, -0.05) is 20.3 Å². The van der Waals surface area contributed by atoms with Crippen molar-refractivity contribution in [3.63, 3.8) is 0 Å². The fraction of sp³-hybridized carbons (Fsp3) is 1.00. The van der Waals surface area contributed by atoms with E-state index in [0.29, 0.717) is 12.5 Å². The SMILES string of the molecule is CCCC(C)C(O)CCOCC. The standard InChI is InChI=1S/C10H22O2/c1-4-6-9(3)10(11)7-8-12-5-2/h9-11H,4-8H2,1-3H3. The third-order valence-corrected chi connectivity index (χ3v) is 2.16. The molecule has 0 bridgehead atoms. The first kappa shape index (κ1) is 11.9. The molecule has 2 unspecified atom stereocenters. The van der Waals surface area contributed by atoms with Gasteiger partial charge in [-0.2, -0.15) is 0 Å². The van der Waals surface area contributed by atoms with E-state index in [2.05, 4.69) is 13.8 Å². The van der Waals surface area contributed by atoms with Crippen molar-refractivity contribution >= 4 is 0 Å². The number of aliphatic hydroxyl groups excluding tert-OH is 1. The molecule has 0 amide bonds. The molecule has 0 aliphatic rings. The molecule has 1 N–H and O–H groups in total. The Labute approximate surface area is 75.9 Å². The van der Waals surface area contributed by atoms with Gasteiger partial charge in [0.25, 0.3) is 0 Å². The molecule has 2 atom stereocenters. The van der Waals surface area contributed by atoms with Crippen LogP contribution in [0.2, 0.25) is 0 Å². The Kier molecular flexibility index (Phi) is 7.51. The van der Waals surface area contributed by atoms with Crippen molar-refractivity contribution in [2.45, 2.75) is 46.1 Å². The van der Waals surface area contributed by atoms with E-state index in [1.807, 2.05) is 6.92 Å². The van der Waals surface area contributed by atoms with E-state index in [-0.39, 0.29) is 6.10 Å². The van der Waals surface area contributed by atoms with E-state index in [1.165, 1.54) is 0 Å². The summed E-state index contributed by atoms with van der Waals surface area (Å²) in [5, 5.41) is 9.60. The molecule has 0 radical (unpaired) electrons. The summed E-state index contributed by atoms with van der Waals surface area (Å²) in [6.07, 6.45) is 2.84. The summed E-state index contributed by atoms with van der Waals surface area (Å²) in [6, 6.07) is 0. The summed E-state index contributed by atoms with van der Waals surface area (Å²) < 4.78 is 5.17. The summed E-state index contributed by atoms with van der Waals surface area (Å²) in [7, 11) is 0. The zero-order chi connectivity index (χ0) is 9.40. The van der Waals surface area contributed by atoms with E-state index >= 15 is 0 Å². The highest BCUT2D eigenvalue weighted by molar-refractivity contribution is 4.63. The number of hydrogen-bond acceptors (Lipinski definition) is 2. The van der Waals surface area contributed by atoms with Gasteiger partial charge in [0, 0.05) is 13.2 Å². The maximum atomic E-state index is 9.60. The van der Waals surface area contributed by atoms with Gasteiger partial charge >= 0.3 is 0 Å². The minimum Gasteiger partial charge on any atom is -0.393 e. The van der Waals surface area contributed by atoms with Crippen molar-refractivity contribution in [2.75, 3.05) is 13.2 Å². The summed E-state index contributed by atoms with van der Waals surface area (Å²) in [6.45, 7) is 7.65. The molecule has 0 saturated heterocycles. The molecule has 0 aromatic rings. The molecule has 0 aromatic heterocycles. The van der Waals surface area contributed by atoms with Gasteiger partial charge in [-0.05, 0) is 25.7 Å². The van der Waals surface area contributed by atoms with Crippen molar-refractivity contribution in [1.82, 2.24) is 0 Å². The van der Waals surface area contributed by atoms with Crippen molar-refractivity contribution in [3.8, 4) is 0 Å². The number of aliphatic hydroxyl groups is 1. The summed E-state index contributed by atoms with van der Waals surface area (Å²) in [5.41, 5.74) is 0. The second-order valence-electron chi connectivity index (χ2n) is 3.32. The Balaban J connectivity index is 3.35. The molecule has 0 aromatic carbocycles. The lowest BCUT2D eigenvalue weighted by Crippen LogP contribution is -2.19. The van der Waals surface area contributed by atoms with Crippen molar-refractivity contribution in [3.05, 3.63) is 0 Å². The first-order valence-corrected chi connectivity index (χ1v) is 4.98. The van der Waals surface area contributed by atoms with Crippen molar-refractivity contribution in [2.24, 2.45) is 5.92 Å². The number of rotatable bonds is 7. The Morgan fingerprint density at radius 2 is 1.92 bits per heavy atom. The van der Waals surface area contributed by atoms with Crippen molar-refractivity contribution in [1.29, 1.82) is 0 Å². The van der Waals surface area contributed by atoms with E-state index in [4.69, 9.17) is 4.74 Å². The van der Waals surface area contributed by atoms with Gasteiger partial charge in [0.15, 0.2) is 0 Å². The predicted octanol–water partition coefficient (Wildman–Crippen LogP) is 2.21. The largest absolute Gasteiger partial charge is 0.393 e. The highest BCUT2D eigenvalue weighted by Gasteiger charge is 2.12. The van der Waals surface area contributed by atoms with Gasteiger partial charge in [0.1, 0.15) is 0 Å². The molecule has 0 saturated carbocycles. The normalized spacial score (nSPS) is 16.0. The molecular formula is C10H22O2. The quantitative estimate of drug-likeness (QED) is 0.600. The lowest BCUT2D eigenvalue weighted by atomic mass is 9.97. The molecule has 0 heterocycles. The predicted molar refractivity (Wildman–Crippen MR) is 51.2 cm³/mol. The van der Waals surface area contributed by atoms with E-state index < -0.39 is 0 Å². The lowest BCUT2D eigenvalue weighted by molar-refractivity contribution is 0.0568. The first-order chi connectivity index (χ1) is 5.72. The highest BCUT2D eigenvalue weighted by Crippen LogP contribution is 2.12. The minimum absolute atomic E-state index is 0.184. The smallest absolute Gasteiger partial charge is 0.0587 e. The molecule has 0 fully saturated rings. The van der Waals surface area contributed by atoms with Crippen LogP contribution in [0.25, 0.3) is 0 Å². The van der Waals surface area contributed by atoms with Crippen LogP contribution in [0.5, 0.6) is 0 Å². The molecule has 0 spiro atoms. The average molecular weight is 174 g/mol. The van der Waals surface area contributed by atoms with Crippen molar-refractivity contribution < 1.29 is 9.84 Å². The molecule has 0 aliphatic carbocycles. The average Bonchev–Trinajstić information content (AvgIpc) is 2.05. The second-order valence-corrected chi connectivity index (χ2v) is 3.32. The number of ether oxygens (including phenoxy) is 1.